The highest BCUT2D eigenvalue weighted by Gasteiger charge is 2.29. The Balaban J connectivity index is 2.46. The van der Waals surface area contributed by atoms with Crippen molar-refractivity contribution in [1.29, 1.82) is 0 Å². The van der Waals surface area contributed by atoms with E-state index >= 15 is 0 Å². The molecule has 0 saturated heterocycles. The maximum absolute atomic E-state index is 11.5. The average Bonchev–Trinajstić information content (AvgIpc) is 2.64. The van der Waals surface area contributed by atoms with Gasteiger partial charge in [-0.3, -0.25) is 4.68 Å². The summed E-state index contributed by atoms with van der Waals surface area (Å²) in [5, 5.41) is 15.9. The Bertz CT molecular complexity index is 479. The number of hydrogen-bond donors (Lipinski definition) is 2. The van der Waals surface area contributed by atoms with Crippen molar-refractivity contribution in [3.63, 3.8) is 0 Å². The van der Waals surface area contributed by atoms with Crippen LogP contribution in [0, 0.1) is 0 Å². The Labute approximate surface area is 108 Å². The lowest BCUT2D eigenvalue weighted by Crippen LogP contribution is -2.41. The van der Waals surface area contributed by atoms with Crippen molar-refractivity contribution in [2.24, 2.45) is 0 Å². The van der Waals surface area contributed by atoms with Crippen LogP contribution in [0.5, 0.6) is 0 Å². The maximum atomic E-state index is 11.5. The van der Waals surface area contributed by atoms with Crippen molar-refractivity contribution in [3.8, 4) is 0 Å². The molecule has 0 bridgehead atoms. The molecule has 0 saturated carbocycles. The number of rotatable bonds is 7. The Morgan fingerprint density at radius 3 is 2.72 bits per heavy atom. The van der Waals surface area contributed by atoms with Crippen LogP contribution in [0.15, 0.2) is 12.4 Å². The molecule has 0 spiro atoms. The van der Waals surface area contributed by atoms with Gasteiger partial charge in [0, 0.05) is 31.1 Å². The fraction of sp³-hybridized carbons (Fsp3) is 0.727. The lowest BCUT2D eigenvalue weighted by atomic mass is 10.2. The van der Waals surface area contributed by atoms with Gasteiger partial charge in [-0.2, -0.15) is 5.10 Å². The number of sulfone groups is 1. The van der Waals surface area contributed by atoms with Gasteiger partial charge >= 0.3 is 0 Å². The number of aliphatic hydroxyl groups excluding tert-OH is 1. The zero-order valence-corrected chi connectivity index (χ0v) is 11.9. The van der Waals surface area contributed by atoms with Crippen molar-refractivity contribution < 1.29 is 13.5 Å². The fourth-order valence-corrected chi connectivity index (χ4v) is 1.73. The zero-order valence-electron chi connectivity index (χ0n) is 11.0. The van der Waals surface area contributed by atoms with Crippen molar-refractivity contribution >= 4 is 9.84 Å². The minimum Gasteiger partial charge on any atom is -0.394 e. The second kappa shape index (κ2) is 5.81. The van der Waals surface area contributed by atoms with Crippen LogP contribution >= 0.6 is 0 Å². The van der Waals surface area contributed by atoms with E-state index in [0.717, 1.165) is 5.56 Å². The normalized spacial score (nSPS) is 12.9. The summed E-state index contributed by atoms with van der Waals surface area (Å²) in [6.07, 6.45) is 4.78. The third-order valence-electron chi connectivity index (χ3n) is 2.90. The predicted molar refractivity (Wildman–Crippen MR) is 69.9 cm³/mol. The van der Waals surface area contributed by atoms with Crippen molar-refractivity contribution in [2.75, 3.05) is 19.4 Å². The van der Waals surface area contributed by atoms with Crippen LogP contribution < -0.4 is 5.32 Å². The number of aromatic nitrogens is 2. The summed E-state index contributed by atoms with van der Waals surface area (Å²) in [4.78, 5) is 0. The van der Waals surface area contributed by atoms with Crippen LogP contribution in [-0.2, 0) is 22.9 Å². The average molecular weight is 275 g/mol. The number of nitrogens with zero attached hydrogens (tertiary/aromatic N) is 2. The molecule has 0 unspecified atom stereocenters. The van der Waals surface area contributed by atoms with Gasteiger partial charge in [-0.25, -0.2) is 8.42 Å². The van der Waals surface area contributed by atoms with Gasteiger partial charge in [-0.05, 0) is 13.8 Å². The van der Waals surface area contributed by atoms with E-state index in [0.29, 0.717) is 19.6 Å². The van der Waals surface area contributed by atoms with E-state index in [1.54, 1.807) is 24.7 Å². The molecular formula is C11H21N3O3S. The Kier molecular flexibility index (Phi) is 4.89. The van der Waals surface area contributed by atoms with Crippen LogP contribution in [0.2, 0.25) is 0 Å². The van der Waals surface area contributed by atoms with Crippen molar-refractivity contribution in [1.82, 2.24) is 15.1 Å². The minimum atomic E-state index is -3.08. The molecule has 0 amide bonds. The zero-order chi connectivity index (χ0) is 13.8. The lowest BCUT2D eigenvalue weighted by molar-refractivity contribution is 0.269. The first-order chi connectivity index (χ1) is 8.26. The summed E-state index contributed by atoms with van der Waals surface area (Å²) in [5.41, 5.74) is 0.966. The molecule has 104 valence electrons. The van der Waals surface area contributed by atoms with Crippen molar-refractivity contribution in [3.05, 3.63) is 18.0 Å². The maximum Gasteiger partial charge on any atom is 0.153 e. The first kappa shape index (κ1) is 15.1. The highest BCUT2D eigenvalue weighted by molar-refractivity contribution is 7.92. The molecule has 6 nitrogen and oxygen atoms in total. The molecule has 7 heteroatoms. The Morgan fingerprint density at radius 2 is 2.17 bits per heavy atom. The van der Waals surface area contributed by atoms with E-state index in [4.69, 9.17) is 5.11 Å². The van der Waals surface area contributed by atoms with E-state index < -0.39 is 14.6 Å². The van der Waals surface area contributed by atoms with Gasteiger partial charge in [0.25, 0.3) is 0 Å². The molecule has 0 aliphatic heterocycles. The summed E-state index contributed by atoms with van der Waals surface area (Å²) in [5.74, 6) is 0. The van der Waals surface area contributed by atoms with Gasteiger partial charge < -0.3 is 10.4 Å². The highest BCUT2D eigenvalue weighted by Crippen LogP contribution is 2.13. The molecule has 1 rings (SSSR count). The van der Waals surface area contributed by atoms with Crippen molar-refractivity contribution in [2.45, 2.75) is 31.7 Å². The van der Waals surface area contributed by atoms with Gasteiger partial charge in [0.2, 0.25) is 0 Å². The third-order valence-corrected chi connectivity index (χ3v) is 5.05. The summed E-state index contributed by atoms with van der Waals surface area (Å²) in [6.45, 7) is 4.86. The smallest absolute Gasteiger partial charge is 0.153 e. The summed E-state index contributed by atoms with van der Waals surface area (Å²) in [7, 11) is -3.08. The van der Waals surface area contributed by atoms with E-state index in [9.17, 15) is 8.42 Å². The minimum absolute atomic E-state index is 0.0512. The number of nitrogens with one attached hydrogen (secondary N) is 1. The van der Waals surface area contributed by atoms with Crippen LogP contribution in [0.1, 0.15) is 19.4 Å². The third kappa shape index (κ3) is 4.08. The SMILES string of the molecule is CC(C)(CNCc1cnn(CCO)c1)S(C)(=O)=O. The van der Waals surface area contributed by atoms with E-state index in [1.807, 2.05) is 6.20 Å². The van der Waals surface area contributed by atoms with Crippen LogP contribution in [0.25, 0.3) is 0 Å². The molecule has 0 atom stereocenters. The molecule has 0 aliphatic carbocycles. The second-order valence-electron chi connectivity index (χ2n) is 4.97. The fourth-order valence-electron chi connectivity index (χ4n) is 1.36. The number of aliphatic hydroxyl groups is 1. The van der Waals surface area contributed by atoms with Crippen LogP contribution in [0.4, 0.5) is 0 Å². The van der Waals surface area contributed by atoms with Gasteiger partial charge in [-0.15, -0.1) is 0 Å². The Hall–Kier alpha value is -0.920. The highest BCUT2D eigenvalue weighted by atomic mass is 32.2. The lowest BCUT2D eigenvalue weighted by Gasteiger charge is -2.22. The molecule has 0 aliphatic rings. The largest absolute Gasteiger partial charge is 0.394 e. The first-order valence-electron chi connectivity index (χ1n) is 5.79. The van der Waals surface area contributed by atoms with Gasteiger partial charge in [0.15, 0.2) is 9.84 Å². The topological polar surface area (TPSA) is 84.2 Å². The summed E-state index contributed by atoms with van der Waals surface area (Å²) < 4.78 is 23.9. The standard InChI is InChI=1S/C11H21N3O3S/c1-11(2,18(3,16)17)9-12-6-10-7-13-14(8-10)4-5-15/h7-8,12,15H,4-6,9H2,1-3H3. The molecule has 1 heterocycles. The molecule has 0 fully saturated rings. The first-order valence-corrected chi connectivity index (χ1v) is 7.68. The monoisotopic (exact) mass is 275 g/mol. The van der Waals surface area contributed by atoms with E-state index in [-0.39, 0.29) is 6.61 Å². The summed E-state index contributed by atoms with van der Waals surface area (Å²) >= 11 is 0. The molecular weight excluding hydrogens is 254 g/mol. The predicted octanol–water partition coefficient (Wildman–Crippen LogP) is -0.212. The van der Waals surface area contributed by atoms with Gasteiger partial charge in [-0.1, -0.05) is 0 Å². The number of hydrogen-bond acceptors (Lipinski definition) is 5. The van der Waals surface area contributed by atoms with Crippen LogP contribution in [0.3, 0.4) is 0 Å². The molecule has 0 aromatic carbocycles. The van der Waals surface area contributed by atoms with Gasteiger partial charge in [0.05, 0.1) is 24.1 Å². The molecule has 18 heavy (non-hydrogen) atoms. The molecule has 0 radical (unpaired) electrons. The summed E-state index contributed by atoms with van der Waals surface area (Å²) in [6, 6.07) is 0. The van der Waals surface area contributed by atoms with Gasteiger partial charge in [0.1, 0.15) is 0 Å². The molecule has 1 aromatic heterocycles. The van der Waals surface area contributed by atoms with Crippen LogP contribution in [-0.4, -0.2) is 47.5 Å². The quantitative estimate of drug-likeness (QED) is 0.719. The van der Waals surface area contributed by atoms with E-state index in [1.165, 1.54) is 6.26 Å². The second-order valence-corrected chi connectivity index (χ2v) is 7.62. The van der Waals surface area contributed by atoms with E-state index in [2.05, 4.69) is 10.4 Å². The molecule has 1 aromatic rings. The Morgan fingerprint density at radius 1 is 1.50 bits per heavy atom. The molecule has 2 N–H and O–H groups in total.